The maximum Gasteiger partial charge on any atom is 0.254 e. The van der Waals surface area contributed by atoms with Gasteiger partial charge in [-0.1, -0.05) is 50.8 Å². The fourth-order valence-corrected chi connectivity index (χ4v) is 5.78. The number of rotatable bonds is 4. The highest BCUT2D eigenvalue weighted by Gasteiger charge is 2.56. The van der Waals surface area contributed by atoms with E-state index in [-0.39, 0.29) is 29.3 Å². The normalized spacial score (nSPS) is 25.6. The number of nitrogens with one attached hydrogen (secondary N) is 1. The van der Waals surface area contributed by atoms with Crippen molar-refractivity contribution in [3.05, 3.63) is 35.4 Å². The summed E-state index contributed by atoms with van der Waals surface area (Å²) < 4.78 is 0. The summed E-state index contributed by atoms with van der Waals surface area (Å²) in [6.45, 7) is 4.27. The summed E-state index contributed by atoms with van der Waals surface area (Å²) in [5.41, 5.74) is 1.31. The van der Waals surface area contributed by atoms with Crippen molar-refractivity contribution in [3.63, 3.8) is 0 Å². The predicted molar refractivity (Wildman–Crippen MR) is 107 cm³/mol. The van der Waals surface area contributed by atoms with E-state index in [0.29, 0.717) is 6.04 Å². The van der Waals surface area contributed by atoms with E-state index in [1.54, 1.807) is 0 Å². The van der Waals surface area contributed by atoms with E-state index in [2.05, 4.69) is 24.1 Å². The summed E-state index contributed by atoms with van der Waals surface area (Å²) in [4.78, 5) is 29.2. The van der Waals surface area contributed by atoms with Crippen LogP contribution in [0.5, 0.6) is 0 Å². The molecule has 0 saturated heterocycles. The number of hydrogen-bond donors (Lipinski definition) is 1. The van der Waals surface area contributed by atoms with Gasteiger partial charge in [-0.2, -0.15) is 0 Å². The van der Waals surface area contributed by atoms with Crippen LogP contribution in [0.15, 0.2) is 24.3 Å². The first kappa shape index (κ1) is 18.5. The van der Waals surface area contributed by atoms with Gasteiger partial charge < -0.3 is 10.2 Å². The Morgan fingerprint density at radius 3 is 2.52 bits per heavy atom. The van der Waals surface area contributed by atoms with Crippen LogP contribution in [0.1, 0.15) is 93.5 Å². The van der Waals surface area contributed by atoms with Gasteiger partial charge in [0.05, 0.1) is 11.5 Å². The van der Waals surface area contributed by atoms with Crippen LogP contribution in [0.25, 0.3) is 0 Å². The number of carbonyl (C=O) groups is 2. The zero-order valence-corrected chi connectivity index (χ0v) is 16.7. The molecule has 4 heteroatoms. The Balaban J connectivity index is 1.80. The Morgan fingerprint density at radius 1 is 1.19 bits per heavy atom. The Hall–Kier alpha value is -1.84. The quantitative estimate of drug-likeness (QED) is 0.856. The van der Waals surface area contributed by atoms with Gasteiger partial charge in [0.15, 0.2) is 0 Å². The lowest BCUT2D eigenvalue weighted by molar-refractivity contribution is -0.127. The summed E-state index contributed by atoms with van der Waals surface area (Å²) >= 11 is 0. The monoisotopic (exact) mass is 368 g/mol. The third-order valence-corrected chi connectivity index (χ3v) is 7.20. The Morgan fingerprint density at radius 2 is 1.85 bits per heavy atom. The maximum absolute atomic E-state index is 13.6. The van der Waals surface area contributed by atoms with Crippen LogP contribution < -0.4 is 5.32 Å². The van der Waals surface area contributed by atoms with Gasteiger partial charge in [0.25, 0.3) is 5.91 Å². The Labute approximate surface area is 162 Å². The largest absolute Gasteiger partial charge is 0.353 e. The molecule has 1 aromatic rings. The molecule has 2 saturated carbocycles. The van der Waals surface area contributed by atoms with Crippen molar-refractivity contribution < 1.29 is 9.59 Å². The number of nitrogens with zero attached hydrogens (tertiary/aromatic N) is 1. The molecule has 146 valence electrons. The van der Waals surface area contributed by atoms with Crippen LogP contribution in [-0.2, 0) is 4.79 Å². The zero-order valence-electron chi connectivity index (χ0n) is 16.7. The summed E-state index contributed by atoms with van der Waals surface area (Å²) in [6, 6.07) is 8.27. The summed E-state index contributed by atoms with van der Waals surface area (Å²) in [6.07, 6.45) is 9.53. The van der Waals surface area contributed by atoms with Gasteiger partial charge in [0, 0.05) is 17.6 Å². The van der Waals surface area contributed by atoms with E-state index in [4.69, 9.17) is 0 Å². The number of amides is 2. The lowest BCUT2D eigenvalue weighted by Gasteiger charge is -2.52. The third-order valence-electron chi connectivity index (χ3n) is 7.20. The second kappa shape index (κ2) is 7.29. The van der Waals surface area contributed by atoms with Crippen molar-refractivity contribution in [3.8, 4) is 0 Å². The van der Waals surface area contributed by atoms with Crippen molar-refractivity contribution in [2.45, 2.75) is 95.2 Å². The fraction of sp³-hybridized carbons (Fsp3) is 0.652. The molecule has 2 aliphatic carbocycles. The first-order valence-corrected chi connectivity index (χ1v) is 10.8. The third kappa shape index (κ3) is 2.97. The standard InChI is InChI=1S/C23H32N2O2/c1-3-16(2)25-22(27)19-13-7-6-12-18(19)20(23(25)14-8-9-15-23)21(26)24-17-10-4-5-11-17/h6-7,12-13,16-17,20H,3-5,8-11,14-15H2,1-2H3,(H,24,26)/t16-,20+/m0/s1. The highest BCUT2D eigenvalue weighted by atomic mass is 16.2. The van der Waals surface area contributed by atoms with Gasteiger partial charge in [0.2, 0.25) is 5.91 Å². The number of benzene rings is 1. The molecule has 1 N–H and O–H groups in total. The molecule has 0 bridgehead atoms. The molecule has 1 aromatic carbocycles. The SMILES string of the molecule is CC[C@H](C)N1C(=O)c2ccccc2[C@H](C(=O)NC2CCCC2)C12CCCC2. The minimum absolute atomic E-state index is 0.117. The fourth-order valence-electron chi connectivity index (χ4n) is 5.78. The topological polar surface area (TPSA) is 49.4 Å². The van der Waals surface area contributed by atoms with E-state index < -0.39 is 0 Å². The van der Waals surface area contributed by atoms with Gasteiger partial charge in [0.1, 0.15) is 0 Å². The Kier molecular flexibility index (Phi) is 5.00. The first-order valence-electron chi connectivity index (χ1n) is 10.8. The highest BCUT2D eigenvalue weighted by molar-refractivity contribution is 6.02. The van der Waals surface area contributed by atoms with Gasteiger partial charge in [-0.3, -0.25) is 9.59 Å². The van der Waals surface area contributed by atoms with Crippen molar-refractivity contribution in [1.82, 2.24) is 10.2 Å². The van der Waals surface area contributed by atoms with E-state index in [0.717, 1.165) is 56.1 Å². The average Bonchev–Trinajstić information content (AvgIpc) is 3.34. The molecular weight excluding hydrogens is 336 g/mol. The molecule has 27 heavy (non-hydrogen) atoms. The molecular formula is C23H32N2O2. The van der Waals surface area contributed by atoms with Gasteiger partial charge in [-0.15, -0.1) is 0 Å². The summed E-state index contributed by atoms with van der Waals surface area (Å²) in [5.74, 6) is 0.00678. The second-order valence-corrected chi connectivity index (χ2v) is 8.75. The first-order chi connectivity index (χ1) is 13.1. The van der Waals surface area contributed by atoms with Gasteiger partial charge >= 0.3 is 0 Å². The van der Waals surface area contributed by atoms with Crippen LogP contribution in [0.3, 0.4) is 0 Å². The van der Waals surface area contributed by atoms with Crippen molar-refractivity contribution in [2.75, 3.05) is 0 Å². The number of fused-ring (bicyclic) bond motifs is 1. The zero-order chi connectivity index (χ0) is 19.0. The maximum atomic E-state index is 13.6. The van der Waals surface area contributed by atoms with Gasteiger partial charge in [-0.05, 0) is 50.7 Å². The lowest BCUT2D eigenvalue weighted by atomic mass is 9.70. The molecule has 3 aliphatic rings. The highest BCUT2D eigenvalue weighted by Crippen LogP contribution is 2.51. The molecule has 2 atom stereocenters. The molecule has 1 heterocycles. The van der Waals surface area contributed by atoms with Crippen LogP contribution in [0, 0.1) is 0 Å². The van der Waals surface area contributed by atoms with Crippen LogP contribution in [-0.4, -0.2) is 34.3 Å². The molecule has 2 amide bonds. The van der Waals surface area contributed by atoms with E-state index >= 15 is 0 Å². The smallest absolute Gasteiger partial charge is 0.254 e. The molecule has 1 spiro atoms. The van der Waals surface area contributed by atoms with Crippen molar-refractivity contribution >= 4 is 11.8 Å². The molecule has 4 nitrogen and oxygen atoms in total. The van der Waals surface area contributed by atoms with E-state index in [1.165, 1.54) is 12.8 Å². The summed E-state index contributed by atoms with van der Waals surface area (Å²) in [7, 11) is 0. The molecule has 4 rings (SSSR count). The molecule has 0 radical (unpaired) electrons. The molecule has 0 aromatic heterocycles. The van der Waals surface area contributed by atoms with Crippen LogP contribution in [0.4, 0.5) is 0 Å². The minimum atomic E-state index is -0.358. The predicted octanol–water partition coefficient (Wildman–Crippen LogP) is 4.40. The lowest BCUT2D eigenvalue weighted by Crippen LogP contribution is -2.63. The number of carbonyl (C=O) groups excluding carboxylic acids is 2. The molecule has 2 fully saturated rings. The van der Waals surface area contributed by atoms with Crippen LogP contribution in [0.2, 0.25) is 0 Å². The Bertz CT molecular complexity index is 717. The van der Waals surface area contributed by atoms with Crippen LogP contribution >= 0.6 is 0 Å². The number of hydrogen-bond acceptors (Lipinski definition) is 2. The second-order valence-electron chi connectivity index (χ2n) is 8.75. The summed E-state index contributed by atoms with van der Waals surface area (Å²) in [5, 5.41) is 3.36. The minimum Gasteiger partial charge on any atom is -0.353 e. The van der Waals surface area contributed by atoms with Gasteiger partial charge in [-0.25, -0.2) is 0 Å². The molecule has 1 aliphatic heterocycles. The van der Waals surface area contributed by atoms with Crippen molar-refractivity contribution in [1.29, 1.82) is 0 Å². The van der Waals surface area contributed by atoms with E-state index in [9.17, 15) is 9.59 Å². The molecule has 0 unspecified atom stereocenters. The average molecular weight is 369 g/mol. The van der Waals surface area contributed by atoms with Crippen molar-refractivity contribution in [2.24, 2.45) is 0 Å². The van der Waals surface area contributed by atoms with E-state index in [1.807, 2.05) is 24.3 Å².